The third kappa shape index (κ3) is 3.47. The molecule has 0 saturated heterocycles. The molecule has 2 aromatic carbocycles. The van der Waals surface area contributed by atoms with Gasteiger partial charge < -0.3 is 0 Å². The lowest BCUT2D eigenvalue weighted by Gasteiger charge is -2.46. The van der Waals surface area contributed by atoms with Crippen molar-refractivity contribution in [2.24, 2.45) is 0 Å². The second kappa shape index (κ2) is 8.09. The van der Waals surface area contributed by atoms with Gasteiger partial charge in [0.2, 0.25) is 0 Å². The summed E-state index contributed by atoms with van der Waals surface area (Å²) in [7, 11) is -4.45. The lowest BCUT2D eigenvalue weighted by atomic mass is 9.63. The van der Waals surface area contributed by atoms with E-state index in [-0.39, 0.29) is 11.1 Å². The van der Waals surface area contributed by atoms with Gasteiger partial charge in [0, 0.05) is 11.8 Å². The fourth-order valence-corrected chi connectivity index (χ4v) is 6.53. The third-order valence-electron chi connectivity index (χ3n) is 6.68. The van der Waals surface area contributed by atoms with E-state index >= 15 is 0 Å². The van der Waals surface area contributed by atoms with E-state index in [9.17, 15) is 61.3 Å². The number of alkyl halides is 13. The van der Waals surface area contributed by atoms with Gasteiger partial charge in [-0.1, -0.05) is 48.5 Å². The standard InChI is InChI=1S/C22H13F13OS/c23-17(24,19(27,28)21(31,32)33)18(25,26)20(29,30)22(34,35)37(36)15-9-14-10-5-1-3-7-12(10)16(15)13-8-4-2-6-11(13)14/h1-8,14-16H,9H2. The van der Waals surface area contributed by atoms with Crippen LogP contribution in [0.5, 0.6) is 0 Å². The maximum Gasteiger partial charge on any atom is 0.460 e. The SMILES string of the molecule is O=S(C1CC2c3ccccc3C1c1ccccc12)C(F)(F)C(F)(F)C(F)(F)C(F)(F)C(F)(F)C(F)(F)F. The average molecular weight is 572 g/mol. The summed E-state index contributed by atoms with van der Waals surface area (Å²) in [5.74, 6) is -33.6. The highest BCUT2D eigenvalue weighted by Crippen LogP contribution is 2.62. The molecule has 0 fully saturated rings. The minimum atomic E-state index is -8.03. The predicted molar refractivity (Wildman–Crippen MR) is 104 cm³/mol. The summed E-state index contributed by atoms with van der Waals surface area (Å²) in [6, 6.07) is 11.8. The highest BCUT2D eigenvalue weighted by Gasteiger charge is 2.91. The molecule has 0 aromatic heterocycles. The van der Waals surface area contributed by atoms with Crippen LogP contribution in [0, 0.1) is 0 Å². The number of fused-ring (bicyclic) bond motifs is 1. The molecule has 5 rings (SSSR count). The minimum absolute atomic E-state index is 0.218. The van der Waals surface area contributed by atoms with Crippen molar-refractivity contribution in [2.75, 3.05) is 0 Å². The molecule has 3 aliphatic carbocycles. The van der Waals surface area contributed by atoms with Crippen LogP contribution < -0.4 is 0 Å². The third-order valence-corrected chi connectivity index (χ3v) is 8.46. The van der Waals surface area contributed by atoms with Crippen LogP contribution in [0.1, 0.15) is 40.5 Å². The van der Waals surface area contributed by atoms with Crippen molar-refractivity contribution >= 4 is 10.8 Å². The molecule has 0 amide bonds. The van der Waals surface area contributed by atoms with Gasteiger partial charge in [-0.25, -0.2) is 0 Å². The molecular formula is C22H13F13OS. The maximum absolute atomic E-state index is 14.8. The van der Waals surface area contributed by atoms with Gasteiger partial charge in [-0.2, -0.15) is 57.1 Å². The lowest BCUT2D eigenvalue weighted by Crippen LogP contribution is -2.71. The Kier molecular flexibility index (Phi) is 6.06. The molecule has 15 heteroatoms. The van der Waals surface area contributed by atoms with Gasteiger partial charge in [0.15, 0.2) is 0 Å². The number of benzene rings is 2. The van der Waals surface area contributed by atoms with E-state index in [1.807, 2.05) is 0 Å². The van der Waals surface area contributed by atoms with E-state index in [1.54, 1.807) is 24.3 Å². The summed E-state index contributed by atoms with van der Waals surface area (Å²) in [6.45, 7) is 0. The Morgan fingerprint density at radius 3 is 1.35 bits per heavy atom. The summed E-state index contributed by atoms with van der Waals surface area (Å²) in [5.41, 5.74) is 1.48. The van der Waals surface area contributed by atoms with E-state index < -0.39 is 69.4 Å². The lowest BCUT2D eigenvalue weighted by molar-refractivity contribution is -0.433. The molecule has 37 heavy (non-hydrogen) atoms. The zero-order valence-corrected chi connectivity index (χ0v) is 18.6. The summed E-state index contributed by atoms with van der Waals surface area (Å²) in [6.07, 6.45) is -8.10. The van der Waals surface area contributed by atoms with Crippen molar-refractivity contribution in [2.45, 2.75) is 58.6 Å². The highest BCUT2D eigenvalue weighted by atomic mass is 32.2. The van der Waals surface area contributed by atoms with Gasteiger partial charge >= 0.3 is 35.1 Å². The molecule has 2 aromatic rings. The number of hydrogen-bond acceptors (Lipinski definition) is 1. The number of hydrogen-bond donors (Lipinski definition) is 0. The fourth-order valence-electron chi connectivity index (χ4n) is 4.86. The molecule has 0 saturated carbocycles. The zero-order chi connectivity index (χ0) is 28.0. The molecule has 3 aliphatic rings. The summed E-state index contributed by atoms with van der Waals surface area (Å²) in [4.78, 5) is 0. The quantitative estimate of drug-likeness (QED) is 0.328. The van der Waals surface area contributed by atoms with E-state index in [2.05, 4.69) is 0 Å². The van der Waals surface area contributed by atoms with Gasteiger partial charge in [0.25, 0.3) is 0 Å². The molecule has 1 nitrogen and oxygen atoms in total. The molecule has 0 N–H and O–H groups in total. The van der Waals surface area contributed by atoms with Gasteiger partial charge in [-0.3, -0.25) is 4.21 Å². The van der Waals surface area contributed by atoms with Gasteiger partial charge in [0.05, 0.1) is 5.25 Å². The molecule has 0 aliphatic heterocycles. The smallest absolute Gasteiger partial charge is 0.253 e. The molecule has 0 spiro atoms. The van der Waals surface area contributed by atoms with Crippen molar-refractivity contribution in [1.82, 2.24) is 0 Å². The van der Waals surface area contributed by atoms with Crippen molar-refractivity contribution in [3.63, 3.8) is 0 Å². The molecular weight excluding hydrogens is 559 g/mol. The summed E-state index contributed by atoms with van der Waals surface area (Å²) >= 11 is 0. The Morgan fingerprint density at radius 2 is 0.946 bits per heavy atom. The first kappa shape index (κ1) is 27.7. The Hall–Kier alpha value is -2.32. The monoisotopic (exact) mass is 572 g/mol. The highest BCUT2D eigenvalue weighted by molar-refractivity contribution is 7.86. The fraction of sp³-hybridized carbons (Fsp3) is 0.455. The van der Waals surface area contributed by atoms with Crippen LogP contribution in [-0.4, -0.2) is 44.6 Å². The first-order valence-corrected chi connectivity index (χ1v) is 11.5. The Morgan fingerprint density at radius 1 is 0.568 bits per heavy atom. The van der Waals surface area contributed by atoms with E-state index in [0.717, 1.165) is 0 Å². The summed E-state index contributed by atoms with van der Waals surface area (Å²) < 4.78 is 190. The topological polar surface area (TPSA) is 17.1 Å². The van der Waals surface area contributed by atoms with Crippen molar-refractivity contribution in [1.29, 1.82) is 0 Å². The van der Waals surface area contributed by atoms with Crippen LogP contribution in [0.15, 0.2) is 48.5 Å². The second-order valence-corrected chi connectivity index (χ2v) is 10.4. The average Bonchev–Trinajstić information content (AvgIpc) is 2.82. The largest absolute Gasteiger partial charge is 0.460 e. The molecule has 2 atom stereocenters. The van der Waals surface area contributed by atoms with Gasteiger partial charge in [-0.15, -0.1) is 0 Å². The van der Waals surface area contributed by atoms with Crippen LogP contribution in [0.25, 0.3) is 0 Å². The molecule has 0 radical (unpaired) electrons. The van der Waals surface area contributed by atoms with Crippen LogP contribution in [0.3, 0.4) is 0 Å². The molecule has 0 heterocycles. The van der Waals surface area contributed by atoms with Gasteiger partial charge in [0.1, 0.15) is 10.8 Å². The minimum Gasteiger partial charge on any atom is -0.253 e. The van der Waals surface area contributed by atoms with Crippen molar-refractivity contribution < 1.29 is 61.3 Å². The number of rotatable bonds is 6. The Balaban J connectivity index is 1.78. The normalized spacial score (nSPS) is 23.4. The van der Waals surface area contributed by atoms with Crippen molar-refractivity contribution in [3.8, 4) is 0 Å². The Bertz CT molecular complexity index is 1190. The Labute approximate surface area is 202 Å². The predicted octanol–water partition coefficient (Wildman–Crippen LogP) is 7.48. The second-order valence-electron chi connectivity index (χ2n) is 8.67. The molecule has 204 valence electrons. The first-order valence-electron chi connectivity index (χ1n) is 10.3. The summed E-state index contributed by atoms with van der Waals surface area (Å²) in [5, 5.41) is -8.74. The van der Waals surface area contributed by atoms with Gasteiger partial charge in [-0.05, 0) is 28.7 Å². The van der Waals surface area contributed by atoms with Crippen LogP contribution in [0.4, 0.5) is 57.1 Å². The zero-order valence-electron chi connectivity index (χ0n) is 17.8. The van der Waals surface area contributed by atoms with E-state index in [0.29, 0.717) is 11.1 Å². The van der Waals surface area contributed by atoms with Crippen molar-refractivity contribution in [3.05, 3.63) is 70.8 Å². The van der Waals surface area contributed by atoms with Crippen LogP contribution in [-0.2, 0) is 10.8 Å². The van der Waals surface area contributed by atoms with Crippen LogP contribution >= 0.6 is 0 Å². The van der Waals surface area contributed by atoms with E-state index in [1.165, 1.54) is 24.3 Å². The maximum atomic E-state index is 14.8. The molecule has 2 unspecified atom stereocenters. The first-order chi connectivity index (χ1) is 16.7. The van der Waals surface area contributed by atoms with E-state index in [4.69, 9.17) is 0 Å². The molecule has 2 bridgehead atoms. The van der Waals surface area contributed by atoms with Crippen LogP contribution in [0.2, 0.25) is 0 Å². The number of halogens is 13.